The molecule has 1 aromatic heterocycles. The van der Waals surface area contributed by atoms with Crippen LogP contribution in [-0.4, -0.2) is 56.1 Å². The third-order valence-corrected chi connectivity index (χ3v) is 6.63. The number of nitrogens with one attached hydrogen (secondary N) is 1. The molecule has 1 fully saturated rings. The number of nitrogens with zero attached hydrogens (tertiary/aromatic N) is 2. The number of ketones is 1. The maximum atomic E-state index is 13.1. The van der Waals surface area contributed by atoms with E-state index in [4.69, 9.17) is 0 Å². The van der Waals surface area contributed by atoms with Gasteiger partial charge in [0, 0.05) is 17.7 Å². The van der Waals surface area contributed by atoms with Gasteiger partial charge in [0.15, 0.2) is 5.78 Å². The molecular weight excluding hydrogens is 433 g/mol. The predicted molar refractivity (Wildman–Crippen MR) is 103 cm³/mol. The minimum absolute atomic E-state index is 0.0595. The Morgan fingerprint density at radius 3 is 2.84 bits per heavy atom. The van der Waals surface area contributed by atoms with Crippen molar-refractivity contribution in [3.8, 4) is 0 Å². The topological polar surface area (TPSA) is 73.5 Å². The normalized spacial score (nSPS) is 29.6. The van der Waals surface area contributed by atoms with Crippen LogP contribution in [0.4, 0.5) is 4.79 Å². The number of allylic oxidation sites excluding steroid dienone is 2. The van der Waals surface area contributed by atoms with Gasteiger partial charge in [-0.1, -0.05) is 34.7 Å². The van der Waals surface area contributed by atoms with E-state index in [0.29, 0.717) is 11.6 Å². The number of alkyl halides is 1. The quantitative estimate of drug-likeness (QED) is 0.244. The second-order valence-electron chi connectivity index (χ2n) is 6.90. The Balaban J connectivity index is 1.82. The fraction of sp³-hybridized carbons (Fsp3) is 0.500. The Labute approximate surface area is 160 Å². The van der Waals surface area contributed by atoms with Crippen molar-refractivity contribution in [2.75, 3.05) is 18.0 Å². The zero-order chi connectivity index (χ0) is 18.2. The molecule has 0 spiro atoms. The van der Waals surface area contributed by atoms with E-state index < -0.39 is 11.6 Å². The first kappa shape index (κ1) is 18.2. The molecule has 3 rings (SSSR count). The lowest BCUT2D eigenvalue weighted by Gasteiger charge is -2.39. The van der Waals surface area contributed by atoms with Gasteiger partial charge >= 0.3 is 6.03 Å². The van der Waals surface area contributed by atoms with Gasteiger partial charge < -0.3 is 9.88 Å². The summed E-state index contributed by atoms with van der Waals surface area (Å²) in [5.74, 6) is -0.0585. The number of imide groups is 1. The molecule has 1 saturated heterocycles. The molecule has 1 aliphatic heterocycles. The molecule has 2 unspecified atom stereocenters. The molecule has 0 saturated carbocycles. The van der Waals surface area contributed by atoms with Crippen molar-refractivity contribution in [3.63, 3.8) is 0 Å². The van der Waals surface area contributed by atoms with Gasteiger partial charge in [-0.25, -0.2) is 4.79 Å². The minimum atomic E-state index is -0.901. The van der Waals surface area contributed by atoms with E-state index in [1.54, 1.807) is 25.4 Å². The van der Waals surface area contributed by atoms with Crippen molar-refractivity contribution in [3.05, 3.63) is 36.2 Å². The van der Waals surface area contributed by atoms with Crippen LogP contribution >= 0.6 is 22.6 Å². The van der Waals surface area contributed by atoms with E-state index in [1.165, 1.54) is 4.90 Å². The first-order chi connectivity index (χ1) is 11.9. The molecular formula is C18H22IN3O3. The van der Waals surface area contributed by atoms with Gasteiger partial charge in [-0.15, -0.1) is 0 Å². The third-order valence-electron chi connectivity index (χ3n) is 5.50. The van der Waals surface area contributed by atoms with E-state index in [2.05, 4.69) is 39.7 Å². The Bertz CT molecular complexity index is 715. The van der Waals surface area contributed by atoms with Crippen molar-refractivity contribution < 1.29 is 14.4 Å². The largest absolute Gasteiger partial charge is 0.359 e. The molecule has 3 atom stereocenters. The number of rotatable bonds is 5. The molecule has 7 heteroatoms. The maximum absolute atomic E-state index is 13.1. The molecule has 2 heterocycles. The first-order valence-corrected chi connectivity index (χ1v) is 9.91. The number of hydrogen-bond donors (Lipinski definition) is 1. The molecule has 2 aliphatic rings. The summed E-state index contributed by atoms with van der Waals surface area (Å²) in [5, 5.41) is 0. The number of carbonyl (C=O) groups excluding carboxylic acids is 3. The Kier molecular flexibility index (Phi) is 5.04. The second-order valence-corrected chi connectivity index (χ2v) is 7.78. The molecule has 1 N–H and O–H groups in total. The van der Waals surface area contributed by atoms with Crippen molar-refractivity contribution in [1.82, 2.24) is 14.8 Å². The third kappa shape index (κ3) is 3.02. The number of likely N-dealkylation sites (N-methyl/N-ethyl adjacent to an activating group) is 1. The predicted octanol–water partition coefficient (Wildman–Crippen LogP) is 2.87. The van der Waals surface area contributed by atoms with Gasteiger partial charge in [0.05, 0.1) is 12.2 Å². The fourth-order valence-corrected chi connectivity index (χ4v) is 4.41. The number of urea groups is 1. The zero-order valence-corrected chi connectivity index (χ0v) is 16.5. The summed E-state index contributed by atoms with van der Waals surface area (Å²) in [6.45, 7) is 1.61. The average molecular weight is 455 g/mol. The van der Waals surface area contributed by atoms with Crippen molar-refractivity contribution >= 4 is 40.3 Å². The Morgan fingerprint density at radius 2 is 2.20 bits per heavy atom. The van der Waals surface area contributed by atoms with E-state index >= 15 is 0 Å². The van der Waals surface area contributed by atoms with E-state index in [9.17, 15) is 14.4 Å². The fourth-order valence-electron chi connectivity index (χ4n) is 3.75. The SMILES string of the molecule is CN1C(=O)N(CC(=O)c2ccc[nH]2)C(=O)C1(C)C1CC=C[C@@H](CI)C1. The van der Waals surface area contributed by atoms with Gasteiger partial charge in [0.25, 0.3) is 5.91 Å². The molecule has 6 nitrogen and oxygen atoms in total. The molecule has 1 aromatic rings. The van der Waals surface area contributed by atoms with Crippen LogP contribution in [0.15, 0.2) is 30.5 Å². The first-order valence-electron chi connectivity index (χ1n) is 8.38. The summed E-state index contributed by atoms with van der Waals surface area (Å²) in [6.07, 6.45) is 7.60. The summed E-state index contributed by atoms with van der Waals surface area (Å²) < 4.78 is 0.988. The summed E-state index contributed by atoms with van der Waals surface area (Å²) in [7, 11) is 1.66. The summed E-state index contributed by atoms with van der Waals surface area (Å²) >= 11 is 2.35. The number of Topliss-reactive ketones (excluding diaryl/α,β-unsaturated/α-hetero) is 1. The van der Waals surface area contributed by atoms with Gasteiger partial charge in [-0.2, -0.15) is 0 Å². The van der Waals surface area contributed by atoms with Crippen LogP contribution in [0.25, 0.3) is 0 Å². The standard InChI is InChI=1S/C18H22IN3O3/c1-18(13-6-3-5-12(9-13)10-19)16(24)22(17(25)21(18)2)11-15(23)14-7-4-8-20-14/h3-5,7-8,12-13,20H,6,9-11H2,1-2H3/t12-,13?,18?/m1/s1. The lowest BCUT2D eigenvalue weighted by atomic mass is 9.74. The van der Waals surface area contributed by atoms with E-state index in [1.807, 2.05) is 6.92 Å². The lowest BCUT2D eigenvalue weighted by molar-refractivity contribution is -0.134. The molecule has 134 valence electrons. The number of halogens is 1. The van der Waals surface area contributed by atoms with Crippen LogP contribution in [-0.2, 0) is 4.79 Å². The smallest absolute Gasteiger partial charge is 0.327 e. The van der Waals surface area contributed by atoms with Gasteiger partial charge in [-0.05, 0) is 43.7 Å². The second kappa shape index (κ2) is 6.93. The number of aromatic amines is 1. The zero-order valence-electron chi connectivity index (χ0n) is 14.4. The highest BCUT2D eigenvalue weighted by molar-refractivity contribution is 14.1. The van der Waals surface area contributed by atoms with E-state index in [-0.39, 0.29) is 24.2 Å². The monoisotopic (exact) mass is 455 g/mol. The van der Waals surface area contributed by atoms with Crippen LogP contribution in [0.2, 0.25) is 0 Å². The van der Waals surface area contributed by atoms with Gasteiger partial charge in [0.2, 0.25) is 0 Å². The Morgan fingerprint density at radius 1 is 1.44 bits per heavy atom. The van der Waals surface area contributed by atoms with Crippen LogP contribution in [0.5, 0.6) is 0 Å². The number of hydrogen-bond acceptors (Lipinski definition) is 3. The van der Waals surface area contributed by atoms with Crippen molar-refractivity contribution in [2.24, 2.45) is 11.8 Å². The lowest BCUT2D eigenvalue weighted by Crippen LogP contribution is -2.52. The van der Waals surface area contributed by atoms with Gasteiger partial charge in [-0.3, -0.25) is 14.5 Å². The van der Waals surface area contributed by atoms with Crippen LogP contribution in [0, 0.1) is 11.8 Å². The highest BCUT2D eigenvalue weighted by Crippen LogP contribution is 2.41. The highest BCUT2D eigenvalue weighted by Gasteiger charge is 2.56. The maximum Gasteiger partial charge on any atom is 0.327 e. The minimum Gasteiger partial charge on any atom is -0.359 e. The molecule has 1 aliphatic carbocycles. The summed E-state index contributed by atoms with van der Waals surface area (Å²) in [6, 6.07) is 2.97. The number of carbonyl (C=O) groups is 3. The molecule has 0 aromatic carbocycles. The van der Waals surface area contributed by atoms with Crippen LogP contribution in [0.1, 0.15) is 30.3 Å². The molecule has 0 bridgehead atoms. The highest BCUT2D eigenvalue weighted by atomic mass is 127. The van der Waals surface area contributed by atoms with Crippen LogP contribution in [0.3, 0.4) is 0 Å². The summed E-state index contributed by atoms with van der Waals surface area (Å²) in [5.41, 5.74) is -0.496. The number of H-pyrrole nitrogens is 1. The number of amides is 3. The number of aromatic nitrogens is 1. The van der Waals surface area contributed by atoms with E-state index in [0.717, 1.165) is 22.2 Å². The molecule has 0 radical (unpaired) electrons. The summed E-state index contributed by atoms with van der Waals surface area (Å²) in [4.78, 5) is 43.6. The van der Waals surface area contributed by atoms with Crippen LogP contribution < -0.4 is 0 Å². The average Bonchev–Trinajstić information content (AvgIpc) is 3.22. The van der Waals surface area contributed by atoms with Gasteiger partial charge in [0.1, 0.15) is 5.54 Å². The molecule has 3 amide bonds. The van der Waals surface area contributed by atoms with Crippen molar-refractivity contribution in [1.29, 1.82) is 0 Å². The van der Waals surface area contributed by atoms with Crippen molar-refractivity contribution in [2.45, 2.75) is 25.3 Å². The molecule has 25 heavy (non-hydrogen) atoms. The Hall–Kier alpha value is -1.64.